The van der Waals surface area contributed by atoms with E-state index in [-0.39, 0.29) is 6.42 Å². The van der Waals surface area contributed by atoms with Crippen molar-refractivity contribution < 1.29 is 14.6 Å². The van der Waals surface area contributed by atoms with Crippen molar-refractivity contribution in [2.45, 2.75) is 85.5 Å². The third-order valence-corrected chi connectivity index (χ3v) is 6.34. The number of hydrogen-bond donors (Lipinski definition) is 1. The molecule has 1 saturated carbocycles. The Kier molecular flexibility index (Phi) is 7.76. The minimum atomic E-state index is -0.753. The van der Waals surface area contributed by atoms with Crippen molar-refractivity contribution in [1.29, 1.82) is 0 Å². The zero-order valence-electron chi connectivity index (χ0n) is 17.7. The predicted molar refractivity (Wildman–Crippen MR) is 111 cm³/mol. The number of carbonyl (C=O) groups is 1. The van der Waals surface area contributed by atoms with Crippen molar-refractivity contribution in [3.8, 4) is 5.75 Å². The first-order valence-electron chi connectivity index (χ1n) is 10.7. The molecule has 1 unspecified atom stereocenters. The highest BCUT2D eigenvalue weighted by atomic mass is 16.5. The van der Waals surface area contributed by atoms with Crippen LogP contribution in [0.4, 0.5) is 0 Å². The number of rotatable bonds is 11. The monoisotopic (exact) mass is 374 g/mol. The van der Waals surface area contributed by atoms with E-state index in [1.54, 1.807) is 0 Å². The van der Waals surface area contributed by atoms with Crippen LogP contribution in [-0.2, 0) is 11.2 Å². The van der Waals surface area contributed by atoms with Crippen LogP contribution in [0.5, 0.6) is 5.75 Å². The maximum atomic E-state index is 10.7. The fourth-order valence-corrected chi connectivity index (χ4v) is 4.76. The Hall–Kier alpha value is -1.51. The lowest BCUT2D eigenvalue weighted by Crippen LogP contribution is -2.29. The van der Waals surface area contributed by atoms with Crippen molar-refractivity contribution in [3.63, 3.8) is 0 Å². The number of ether oxygens (including phenoxy) is 1. The van der Waals surface area contributed by atoms with Gasteiger partial charge in [0.25, 0.3) is 0 Å². The molecule has 0 amide bonds. The average molecular weight is 375 g/mol. The van der Waals surface area contributed by atoms with Gasteiger partial charge in [0.2, 0.25) is 0 Å². The minimum absolute atomic E-state index is 0.174. The summed E-state index contributed by atoms with van der Waals surface area (Å²) in [6, 6.07) is 7.89. The molecule has 1 aliphatic rings. The molecule has 1 aliphatic carbocycles. The summed E-state index contributed by atoms with van der Waals surface area (Å²) in [5.74, 6) is 0.675. The molecule has 1 aromatic carbocycles. The number of benzene rings is 1. The van der Waals surface area contributed by atoms with Gasteiger partial charge in [-0.15, -0.1) is 0 Å². The molecule has 152 valence electrons. The van der Waals surface area contributed by atoms with Crippen molar-refractivity contribution in [1.82, 2.24) is 0 Å². The summed E-state index contributed by atoms with van der Waals surface area (Å²) >= 11 is 0. The zero-order chi connectivity index (χ0) is 19.9. The maximum Gasteiger partial charge on any atom is 0.303 e. The van der Waals surface area contributed by atoms with Crippen LogP contribution in [0, 0.1) is 16.7 Å². The lowest BCUT2D eigenvalue weighted by molar-refractivity contribution is -0.136. The largest absolute Gasteiger partial charge is 0.493 e. The van der Waals surface area contributed by atoms with Gasteiger partial charge in [-0.25, -0.2) is 0 Å². The molecular weight excluding hydrogens is 336 g/mol. The van der Waals surface area contributed by atoms with E-state index in [1.165, 1.54) is 44.9 Å². The van der Waals surface area contributed by atoms with Gasteiger partial charge in [0, 0.05) is 6.42 Å². The molecule has 1 aromatic rings. The Morgan fingerprint density at radius 3 is 2.41 bits per heavy atom. The molecule has 0 saturated heterocycles. The first kappa shape index (κ1) is 21.8. The van der Waals surface area contributed by atoms with Crippen molar-refractivity contribution in [2.75, 3.05) is 6.61 Å². The molecule has 0 aromatic heterocycles. The molecule has 3 nitrogen and oxygen atoms in total. The molecule has 0 radical (unpaired) electrons. The van der Waals surface area contributed by atoms with E-state index in [4.69, 9.17) is 9.84 Å². The Labute approximate surface area is 165 Å². The highest BCUT2D eigenvalue weighted by Gasteiger charge is 2.39. The predicted octanol–water partition coefficient (Wildman–Crippen LogP) is 6.50. The summed E-state index contributed by atoms with van der Waals surface area (Å²) in [5, 5.41) is 8.77. The van der Waals surface area contributed by atoms with E-state index in [9.17, 15) is 4.79 Å². The second-order valence-electron chi connectivity index (χ2n) is 9.56. The van der Waals surface area contributed by atoms with E-state index in [2.05, 4.69) is 27.7 Å². The molecule has 0 spiro atoms. The standard InChI is InChI=1S/C24H38O3/c1-5-23(3,4)18-24(14-6-7-15-24)16-19(2)17-27-21-11-8-20(9-12-21)10-13-22(25)26/h8-9,11-12,19H,5-7,10,13-18H2,1-4H3,(H,25,26). The molecule has 0 bridgehead atoms. The molecule has 2 rings (SSSR count). The normalized spacial score (nSPS) is 17.6. The number of aliphatic carboxylic acids is 1. The van der Waals surface area contributed by atoms with Crippen LogP contribution < -0.4 is 4.74 Å². The second kappa shape index (κ2) is 9.61. The smallest absolute Gasteiger partial charge is 0.303 e. The summed E-state index contributed by atoms with van der Waals surface area (Å²) in [7, 11) is 0. The van der Waals surface area contributed by atoms with Crippen LogP contribution >= 0.6 is 0 Å². The number of aryl methyl sites for hydroxylation is 1. The fraction of sp³-hybridized carbons (Fsp3) is 0.708. The Morgan fingerprint density at radius 2 is 1.85 bits per heavy atom. The minimum Gasteiger partial charge on any atom is -0.493 e. The third-order valence-electron chi connectivity index (χ3n) is 6.34. The van der Waals surface area contributed by atoms with Gasteiger partial charge in [0.15, 0.2) is 0 Å². The molecular formula is C24H38O3. The topological polar surface area (TPSA) is 46.5 Å². The quantitative estimate of drug-likeness (QED) is 0.481. The van der Waals surface area contributed by atoms with Crippen LogP contribution in [0.3, 0.4) is 0 Å². The first-order chi connectivity index (χ1) is 12.7. The van der Waals surface area contributed by atoms with Gasteiger partial charge in [-0.05, 0) is 66.5 Å². The Bertz CT molecular complexity index is 582. The van der Waals surface area contributed by atoms with Gasteiger partial charge >= 0.3 is 5.97 Å². The highest BCUT2D eigenvalue weighted by molar-refractivity contribution is 5.67. The van der Waals surface area contributed by atoms with Gasteiger partial charge in [-0.3, -0.25) is 4.79 Å². The van der Waals surface area contributed by atoms with E-state index in [0.717, 1.165) is 17.9 Å². The molecule has 1 atom stereocenters. The van der Waals surface area contributed by atoms with Crippen LogP contribution in [0.25, 0.3) is 0 Å². The summed E-state index contributed by atoms with van der Waals surface area (Å²) in [4.78, 5) is 10.7. The molecule has 0 heterocycles. The van der Waals surface area contributed by atoms with Crippen LogP contribution in [0.2, 0.25) is 0 Å². The van der Waals surface area contributed by atoms with Gasteiger partial charge in [-0.1, -0.05) is 59.1 Å². The van der Waals surface area contributed by atoms with Gasteiger partial charge in [0.1, 0.15) is 5.75 Å². The van der Waals surface area contributed by atoms with Crippen molar-refractivity contribution >= 4 is 5.97 Å². The molecule has 0 aliphatic heterocycles. The third kappa shape index (κ3) is 7.20. The van der Waals surface area contributed by atoms with Gasteiger partial charge in [0.05, 0.1) is 6.61 Å². The van der Waals surface area contributed by atoms with E-state index < -0.39 is 5.97 Å². The van der Waals surface area contributed by atoms with Crippen molar-refractivity contribution in [3.05, 3.63) is 29.8 Å². The molecule has 1 fully saturated rings. The van der Waals surface area contributed by atoms with Crippen LogP contribution in [0.15, 0.2) is 24.3 Å². The molecule has 1 N–H and O–H groups in total. The Morgan fingerprint density at radius 1 is 1.22 bits per heavy atom. The number of hydrogen-bond acceptors (Lipinski definition) is 2. The first-order valence-corrected chi connectivity index (χ1v) is 10.7. The maximum absolute atomic E-state index is 10.7. The summed E-state index contributed by atoms with van der Waals surface area (Å²) in [6.07, 6.45) is 10.1. The number of carboxylic acids is 1. The van der Waals surface area contributed by atoms with Crippen molar-refractivity contribution in [2.24, 2.45) is 16.7 Å². The Balaban J connectivity index is 1.85. The van der Waals surface area contributed by atoms with Gasteiger partial charge < -0.3 is 9.84 Å². The zero-order valence-corrected chi connectivity index (χ0v) is 17.7. The average Bonchev–Trinajstić information content (AvgIpc) is 3.06. The molecule has 3 heteroatoms. The van der Waals surface area contributed by atoms with Crippen LogP contribution in [0.1, 0.15) is 84.6 Å². The lowest BCUT2D eigenvalue weighted by Gasteiger charge is -2.39. The highest BCUT2D eigenvalue weighted by Crippen LogP contribution is 2.51. The summed E-state index contributed by atoms with van der Waals surface area (Å²) in [5.41, 5.74) is 1.98. The molecule has 27 heavy (non-hydrogen) atoms. The van der Waals surface area contributed by atoms with Crippen LogP contribution in [-0.4, -0.2) is 17.7 Å². The summed E-state index contributed by atoms with van der Waals surface area (Å²) in [6.45, 7) is 10.2. The SMILES string of the molecule is CCC(C)(C)CC1(CC(C)COc2ccc(CCC(=O)O)cc2)CCCC1. The fourth-order valence-electron chi connectivity index (χ4n) is 4.76. The van der Waals surface area contributed by atoms with E-state index >= 15 is 0 Å². The lowest BCUT2D eigenvalue weighted by atomic mass is 9.67. The van der Waals surface area contributed by atoms with E-state index in [0.29, 0.717) is 23.2 Å². The second-order valence-corrected chi connectivity index (χ2v) is 9.56. The van der Waals surface area contributed by atoms with Gasteiger partial charge in [-0.2, -0.15) is 0 Å². The summed E-state index contributed by atoms with van der Waals surface area (Å²) < 4.78 is 6.04. The number of carboxylic acid groups (broad SMARTS) is 1. The van der Waals surface area contributed by atoms with E-state index in [1.807, 2.05) is 24.3 Å².